The molecule has 0 fully saturated rings. The van der Waals surface area contributed by atoms with E-state index in [-0.39, 0.29) is 23.7 Å². The Morgan fingerprint density at radius 3 is 2.37 bits per heavy atom. The molecule has 0 radical (unpaired) electrons. The fourth-order valence-electron chi connectivity index (χ4n) is 1.67. The first-order valence-electron chi connectivity index (χ1n) is 5.52. The molecule has 1 aromatic rings. The van der Waals surface area contributed by atoms with Crippen LogP contribution in [0.1, 0.15) is 32.4 Å². The molecular weight excluding hydrogens is 291 g/mol. The van der Waals surface area contributed by atoms with E-state index in [1.54, 1.807) is 0 Å². The van der Waals surface area contributed by atoms with Crippen LogP contribution in [0.3, 0.4) is 0 Å². The predicted octanol–water partition coefficient (Wildman–Crippen LogP) is 3.08. The van der Waals surface area contributed by atoms with Gasteiger partial charge in [0.15, 0.2) is 0 Å². The monoisotopic (exact) mass is 308 g/mol. The van der Waals surface area contributed by atoms with Crippen molar-refractivity contribution in [1.29, 1.82) is 0 Å². The first-order valence-corrected chi connectivity index (χ1v) is 5.90. The van der Waals surface area contributed by atoms with E-state index < -0.39 is 22.5 Å². The number of hydrogen-bond donors (Lipinski definition) is 2. The maximum absolute atomic E-state index is 10.9. The molecule has 2 atom stereocenters. The summed E-state index contributed by atoms with van der Waals surface area (Å²) in [7, 11) is 0. The molecular formula is C12H18Cl2N2O3. The van der Waals surface area contributed by atoms with Crippen molar-refractivity contribution in [2.75, 3.05) is 0 Å². The topological polar surface area (TPSA) is 89.4 Å². The fourth-order valence-corrected chi connectivity index (χ4v) is 1.85. The number of nitro groups is 1. The molecule has 0 aliphatic carbocycles. The highest BCUT2D eigenvalue weighted by Gasteiger charge is 2.32. The molecule has 1 aromatic carbocycles. The van der Waals surface area contributed by atoms with Gasteiger partial charge in [-0.1, -0.05) is 32.4 Å². The highest BCUT2D eigenvalue weighted by Crippen LogP contribution is 2.34. The van der Waals surface area contributed by atoms with E-state index >= 15 is 0 Å². The largest absolute Gasteiger partial charge is 0.391 e. The first-order chi connectivity index (χ1) is 8.14. The van der Waals surface area contributed by atoms with Crippen LogP contribution in [0.2, 0.25) is 5.02 Å². The number of nitro benzene ring substituents is 1. The Hall–Kier alpha value is -0.880. The van der Waals surface area contributed by atoms with Gasteiger partial charge in [0.05, 0.1) is 22.6 Å². The Kier molecular flexibility index (Phi) is 6.22. The molecule has 5 nitrogen and oxygen atoms in total. The summed E-state index contributed by atoms with van der Waals surface area (Å²) in [5, 5.41) is 21.4. The van der Waals surface area contributed by atoms with Gasteiger partial charge in [-0.2, -0.15) is 0 Å². The average molecular weight is 309 g/mol. The summed E-state index contributed by atoms with van der Waals surface area (Å²) in [5.41, 5.74) is 5.56. The molecule has 0 spiro atoms. The lowest BCUT2D eigenvalue weighted by molar-refractivity contribution is -0.385. The van der Waals surface area contributed by atoms with Gasteiger partial charge in [0.25, 0.3) is 5.69 Å². The van der Waals surface area contributed by atoms with Gasteiger partial charge in [-0.25, -0.2) is 0 Å². The molecule has 0 unspecified atom stereocenters. The number of hydrogen-bond acceptors (Lipinski definition) is 4. The minimum atomic E-state index is -0.908. The van der Waals surface area contributed by atoms with Crippen molar-refractivity contribution in [3.05, 3.63) is 38.9 Å². The van der Waals surface area contributed by atoms with E-state index in [9.17, 15) is 15.2 Å². The van der Waals surface area contributed by atoms with E-state index in [0.717, 1.165) is 0 Å². The second kappa shape index (κ2) is 6.52. The highest BCUT2D eigenvalue weighted by atomic mass is 35.5. The van der Waals surface area contributed by atoms with Crippen molar-refractivity contribution in [3.63, 3.8) is 0 Å². The molecule has 0 heterocycles. The van der Waals surface area contributed by atoms with Gasteiger partial charge in [-0.3, -0.25) is 10.1 Å². The van der Waals surface area contributed by atoms with Crippen molar-refractivity contribution >= 4 is 29.7 Å². The Morgan fingerprint density at radius 2 is 1.95 bits per heavy atom. The van der Waals surface area contributed by atoms with Gasteiger partial charge < -0.3 is 10.8 Å². The Balaban J connectivity index is 0.00000324. The molecule has 7 heteroatoms. The second-order valence-electron chi connectivity index (χ2n) is 5.30. The van der Waals surface area contributed by atoms with Crippen LogP contribution in [0.5, 0.6) is 0 Å². The van der Waals surface area contributed by atoms with Crippen molar-refractivity contribution in [3.8, 4) is 0 Å². The standard InChI is InChI=1S/C12H17ClN2O3.ClH/c1-12(2,3)11(16)10(14)8-6-7(13)4-5-9(8)15(17)18;/h4-6,10-11,16H,14H2,1-3H3;1H/t10-,11-;/m1./s1. The Morgan fingerprint density at radius 1 is 1.42 bits per heavy atom. The van der Waals surface area contributed by atoms with E-state index in [0.29, 0.717) is 5.02 Å². The number of halogens is 2. The number of rotatable bonds is 3. The summed E-state index contributed by atoms with van der Waals surface area (Å²) in [5.74, 6) is 0. The molecule has 0 amide bonds. The van der Waals surface area contributed by atoms with Crippen LogP contribution in [-0.2, 0) is 0 Å². The first kappa shape index (κ1) is 18.1. The van der Waals surface area contributed by atoms with Crippen molar-refractivity contribution in [2.24, 2.45) is 11.1 Å². The summed E-state index contributed by atoms with van der Waals surface area (Å²) in [4.78, 5) is 10.4. The zero-order valence-electron chi connectivity index (χ0n) is 11.0. The minimum Gasteiger partial charge on any atom is -0.391 e. The Labute approximate surface area is 123 Å². The second-order valence-corrected chi connectivity index (χ2v) is 5.73. The molecule has 3 N–H and O–H groups in total. The number of nitrogens with zero attached hydrogens (tertiary/aromatic N) is 1. The lowest BCUT2D eigenvalue weighted by Crippen LogP contribution is -2.37. The summed E-state index contributed by atoms with van der Waals surface area (Å²) in [6.07, 6.45) is -0.908. The van der Waals surface area contributed by atoms with Gasteiger partial charge in [-0.15, -0.1) is 12.4 Å². The highest BCUT2D eigenvalue weighted by molar-refractivity contribution is 6.30. The lowest BCUT2D eigenvalue weighted by Gasteiger charge is -2.30. The molecule has 108 valence electrons. The number of benzene rings is 1. The number of nitrogens with two attached hydrogens (primary N) is 1. The average Bonchev–Trinajstić information content (AvgIpc) is 2.25. The molecule has 0 aromatic heterocycles. The zero-order valence-corrected chi connectivity index (χ0v) is 12.5. The molecule has 19 heavy (non-hydrogen) atoms. The molecule has 0 bridgehead atoms. The lowest BCUT2D eigenvalue weighted by atomic mass is 9.82. The molecule has 0 saturated heterocycles. The SMILES string of the molecule is CC(C)(C)[C@H](O)[C@H](N)c1cc(Cl)ccc1[N+](=O)[O-].Cl. The molecule has 0 aliphatic rings. The summed E-state index contributed by atoms with van der Waals surface area (Å²) in [6.45, 7) is 5.44. The van der Waals surface area contributed by atoms with Crippen LogP contribution in [0, 0.1) is 15.5 Å². The zero-order chi connectivity index (χ0) is 14.1. The third kappa shape index (κ3) is 4.31. The van der Waals surface area contributed by atoms with Crippen LogP contribution in [0.4, 0.5) is 5.69 Å². The van der Waals surface area contributed by atoms with Gasteiger partial charge >= 0.3 is 0 Å². The van der Waals surface area contributed by atoms with Crippen LogP contribution >= 0.6 is 24.0 Å². The van der Waals surface area contributed by atoms with E-state index in [4.69, 9.17) is 17.3 Å². The third-order valence-corrected chi connectivity index (χ3v) is 3.01. The van der Waals surface area contributed by atoms with Gasteiger partial charge in [-0.05, 0) is 17.5 Å². The Bertz CT molecular complexity index is 461. The van der Waals surface area contributed by atoms with E-state index in [1.165, 1.54) is 18.2 Å². The minimum absolute atomic E-state index is 0. The van der Waals surface area contributed by atoms with Crippen LogP contribution < -0.4 is 5.73 Å². The van der Waals surface area contributed by atoms with Gasteiger partial charge in [0, 0.05) is 11.1 Å². The molecule has 1 rings (SSSR count). The quantitative estimate of drug-likeness (QED) is 0.663. The smallest absolute Gasteiger partial charge is 0.274 e. The van der Waals surface area contributed by atoms with E-state index in [2.05, 4.69) is 0 Å². The molecule has 0 saturated carbocycles. The van der Waals surface area contributed by atoms with Crippen LogP contribution in [0.25, 0.3) is 0 Å². The summed E-state index contributed by atoms with van der Waals surface area (Å²) >= 11 is 5.82. The van der Waals surface area contributed by atoms with E-state index in [1.807, 2.05) is 20.8 Å². The van der Waals surface area contributed by atoms with Crippen LogP contribution in [-0.4, -0.2) is 16.1 Å². The van der Waals surface area contributed by atoms with Crippen molar-refractivity contribution in [2.45, 2.75) is 32.9 Å². The van der Waals surface area contributed by atoms with Gasteiger partial charge in [0.1, 0.15) is 0 Å². The van der Waals surface area contributed by atoms with Crippen molar-refractivity contribution < 1.29 is 10.0 Å². The normalized spacial score (nSPS) is 14.4. The summed E-state index contributed by atoms with van der Waals surface area (Å²) in [6, 6.07) is 3.30. The number of aliphatic hydroxyl groups is 1. The summed E-state index contributed by atoms with van der Waals surface area (Å²) < 4.78 is 0. The third-order valence-electron chi connectivity index (χ3n) is 2.77. The maximum atomic E-state index is 10.9. The van der Waals surface area contributed by atoms with Crippen molar-refractivity contribution in [1.82, 2.24) is 0 Å². The van der Waals surface area contributed by atoms with Gasteiger partial charge in [0.2, 0.25) is 0 Å². The molecule has 0 aliphatic heterocycles. The number of aliphatic hydroxyl groups excluding tert-OH is 1. The van der Waals surface area contributed by atoms with Crippen LogP contribution in [0.15, 0.2) is 18.2 Å². The predicted molar refractivity (Wildman–Crippen MR) is 77.7 cm³/mol. The fraction of sp³-hybridized carbons (Fsp3) is 0.500. The maximum Gasteiger partial charge on any atom is 0.274 e.